The molecule has 3 rings (SSSR count). The van der Waals surface area contributed by atoms with Crippen LogP contribution in [0.2, 0.25) is 0 Å². The fraction of sp³-hybridized carbons (Fsp3) is 0.667. The maximum absolute atomic E-state index is 3.60. The zero-order valence-corrected chi connectivity index (χ0v) is 13.4. The van der Waals surface area contributed by atoms with Gasteiger partial charge in [0.1, 0.15) is 0 Å². The first-order valence-electron chi connectivity index (χ1n) is 8.25. The van der Waals surface area contributed by atoms with E-state index in [-0.39, 0.29) is 0 Å². The Morgan fingerprint density at radius 1 is 1.10 bits per heavy atom. The molecule has 0 spiro atoms. The lowest BCUT2D eigenvalue weighted by molar-refractivity contribution is 0.543. The number of benzene rings is 1. The molecule has 0 heterocycles. The molecule has 1 saturated carbocycles. The third kappa shape index (κ3) is 3.23. The van der Waals surface area contributed by atoms with Crippen molar-refractivity contribution in [1.82, 2.24) is 5.32 Å². The van der Waals surface area contributed by atoms with E-state index in [9.17, 15) is 0 Å². The van der Waals surface area contributed by atoms with Crippen molar-refractivity contribution in [3.8, 4) is 0 Å². The van der Waals surface area contributed by atoms with Crippen LogP contribution in [0.4, 0.5) is 0 Å². The third-order valence-electron chi connectivity index (χ3n) is 5.03. The van der Waals surface area contributed by atoms with Crippen LogP contribution in [0.15, 0.2) is 24.3 Å². The fourth-order valence-electron chi connectivity index (χ4n) is 3.88. The molecule has 0 radical (unpaired) electrons. The van der Waals surface area contributed by atoms with Crippen LogP contribution in [0.25, 0.3) is 0 Å². The Kier molecular flexibility index (Phi) is 5.06. The number of rotatable bonds is 4. The monoisotopic (exact) mass is 289 g/mol. The largest absolute Gasteiger partial charge is 0.312 e. The van der Waals surface area contributed by atoms with Crippen LogP contribution >= 0.6 is 11.8 Å². The van der Waals surface area contributed by atoms with E-state index >= 15 is 0 Å². The minimum atomic E-state index is 0.542. The van der Waals surface area contributed by atoms with Gasteiger partial charge in [0.25, 0.3) is 0 Å². The molecule has 1 fully saturated rings. The van der Waals surface area contributed by atoms with Gasteiger partial charge in [-0.25, -0.2) is 0 Å². The smallest absolute Gasteiger partial charge is 0.0440 e. The number of hydrogen-bond acceptors (Lipinski definition) is 2. The van der Waals surface area contributed by atoms with Crippen molar-refractivity contribution in [2.24, 2.45) is 5.92 Å². The summed E-state index contributed by atoms with van der Waals surface area (Å²) in [4.78, 5) is 0. The Morgan fingerprint density at radius 3 is 2.70 bits per heavy atom. The van der Waals surface area contributed by atoms with Crippen molar-refractivity contribution in [3.05, 3.63) is 35.4 Å². The zero-order valence-electron chi connectivity index (χ0n) is 12.6. The molecule has 0 aromatic heterocycles. The van der Waals surface area contributed by atoms with Gasteiger partial charge in [-0.05, 0) is 61.9 Å². The molecular weight excluding hydrogens is 262 g/mol. The van der Waals surface area contributed by atoms with E-state index in [4.69, 9.17) is 0 Å². The molecule has 2 aliphatic rings. The first-order valence-corrected chi connectivity index (χ1v) is 9.30. The van der Waals surface area contributed by atoms with Crippen molar-refractivity contribution in [2.45, 2.75) is 56.2 Å². The van der Waals surface area contributed by atoms with Gasteiger partial charge in [-0.3, -0.25) is 0 Å². The number of fused-ring (bicyclic) bond motifs is 1. The summed E-state index contributed by atoms with van der Waals surface area (Å²) in [5.41, 5.74) is 3.12. The Bertz CT molecular complexity index is 425. The summed E-state index contributed by atoms with van der Waals surface area (Å²) in [5.74, 6) is 2.38. The predicted molar refractivity (Wildman–Crippen MR) is 89.4 cm³/mol. The number of aryl methyl sites for hydroxylation is 1. The van der Waals surface area contributed by atoms with Gasteiger partial charge in [-0.2, -0.15) is 11.8 Å². The number of nitrogens with one attached hydrogen (secondary N) is 1. The lowest BCUT2D eigenvalue weighted by atomic mass is 9.99. The van der Waals surface area contributed by atoms with Gasteiger partial charge < -0.3 is 5.32 Å². The van der Waals surface area contributed by atoms with Gasteiger partial charge >= 0.3 is 0 Å². The normalized spacial score (nSPS) is 27.2. The van der Waals surface area contributed by atoms with Crippen LogP contribution in [0, 0.1) is 5.92 Å². The van der Waals surface area contributed by atoms with Crippen LogP contribution in [-0.2, 0) is 6.42 Å². The predicted octanol–water partition coefficient (Wildman–Crippen LogP) is 4.58. The van der Waals surface area contributed by atoms with Crippen molar-refractivity contribution >= 4 is 11.8 Å². The summed E-state index contributed by atoms with van der Waals surface area (Å²) < 4.78 is 0. The summed E-state index contributed by atoms with van der Waals surface area (Å²) in [6.07, 6.45) is 9.84. The molecule has 1 aromatic rings. The summed E-state index contributed by atoms with van der Waals surface area (Å²) in [5, 5.41) is 4.36. The van der Waals surface area contributed by atoms with E-state index in [1.165, 1.54) is 50.7 Å². The molecule has 0 aliphatic heterocycles. The van der Waals surface area contributed by atoms with E-state index in [1.54, 1.807) is 11.1 Å². The molecule has 110 valence electrons. The summed E-state index contributed by atoms with van der Waals surface area (Å²) >= 11 is 2.24. The fourth-order valence-corrected chi connectivity index (χ4v) is 5.54. The maximum atomic E-state index is 3.60. The SMILES string of the molecule is CNC1c2ccccc2CCCC1SCC1CCCC1. The van der Waals surface area contributed by atoms with Gasteiger partial charge in [0.15, 0.2) is 0 Å². The van der Waals surface area contributed by atoms with E-state index < -0.39 is 0 Å². The first kappa shape index (κ1) is 14.5. The van der Waals surface area contributed by atoms with Crippen molar-refractivity contribution in [2.75, 3.05) is 12.8 Å². The van der Waals surface area contributed by atoms with E-state index in [0.29, 0.717) is 6.04 Å². The van der Waals surface area contributed by atoms with Gasteiger partial charge in [0, 0.05) is 11.3 Å². The molecule has 1 N–H and O–H groups in total. The summed E-state index contributed by atoms with van der Waals surface area (Å²) in [6, 6.07) is 9.60. The van der Waals surface area contributed by atoms with Crippen LogP contribution in [0.3, 0.4) is 0 Å². The maximum Gasteiger partial charge on any atom is 0.0440 e. The Hall–Kier alpha value is -0.470. The molecule has 0 saturated heterocycles. The quantitative estimate of drug-likeness (QED) is 0.815. The van der Waals surface area contributed by atoms with E-state index in [1.807, 2.05) is 0 Å². The second-order valence-electron chi connectivity index (χ2n) is 6.38. The molecule has 2 unspecified atom stereocenters. The molecule has 0 bridgehead atoms. The molecule has 2 aliphatic carbocycles. The first-order chi connectivity index (χ1) is 9.88. The van der Waals surface area contributed by atoms with Gasteiger partial charge in [0.05, 0.1) is 0 Å². The Morgan fingerprint density at radius 2 is 1.90 bits per heavy atom. The topological polar surface area (TPSA) is 12.0 Å². The average molecular weight is 289 g/mol. The van der Waals surface area contributed by atoms with Crippen LogP contribution in [0.1, 0.15) is 55.7 Å². The highest BCUT2D eigenvalue weighted by atomic mass is 32.2. The molecule has 1 aromatic carbocycles. The van der Waals surface area contributed by atoms with Gasteiger partial charge in [0.2, 0.25) is 0 Å². The molecular formula is C18H27NS. The zero-order chi connectivity index (χ0) is 13.8. The lowest BCUT2D eigenvalue weighted by Gasteiger charge is -2.27. The molecule has 2 heteroatoms. The van der Waals surface area contributed by atoms with Crippen molar-refractivity contribution in [3.63, 3.8) is 0 Å². The van der Waals surface area contributed by atoms with E-state index in [2.05, 4.69) is 48.4 Å². The molecule has 20 heavy (non-hydrogen) atoms. The van der Waals surface area contributed by atoms with Gasteiger partial charge in [-0.1, -0.05) is 37.1 Å². The van der Waals surface area contributed by atoms with Crippen LogP contribution in [0.5, 0.6) is 0 Å². The molecule has 1 nitrogen and oxygen atoms in total. The summed E-state index contributed by atoms with van der Waals surface area (Å²) in [7, 11) is 2.13. The minimum Gasteiger partial charge on any atom is -0.312 e. The third-order valence-corrected chi connectivity index (χ3v) is 6.63. The van der Waals surface area contributed by atoms with Crippen molar-refractivity contribution in [1.29, 1.82) is 0 Å². The average Bonchev–Trinajstić information content (AvgIpc) is 2.93. The number of hydrogen-bond donors (Lipinski definition) is 1. The standard InChI is InChI=1S/C18H27NS/c1-19-18-16-11-5-4-9-15(16)10-6-12-17(18)20-13-14-7-2-3-8-14/h4-5,9,11,14,17-19H,2-3,6-8,10,12-13H2,1H3. The second kappa shape index (κ2) is 7.00. The second-order valence-corrected chi connectivity index (χ2v) is 7.65. The Labute approximate surface area is 127 Å². The van der Waals surface area contributed by atoms with E-state index in [0.717, 1.165) is 11.2 Å². The highest BCUT2D eigenvalue weighted by Gasteiger charge is 2.28. The highest BCUT2D eigenvalue weighted by molar-refractivity contribution is 7.99. The Balaban J connectivity index is 1.70. The van der Waals surface area contributed by atoms with Crippen LogP contribution in [-0.4, -0.2) is 18.1 Å². The van der Waals surface area contributed by atoms with Crippen molar-refractivity contribution < 1.29 is 0 Å². The summed E-state index contributed by atoms with van der Waals surface area (Å²) in [6.45, 7) is 0. The van der Waals surface area contributed by atoms with Crippen LogP contribution < -0.4 is 5.32 Å². The highest BCUT2D eigenvalue weighted by Crippen LogP contribution is 2.38. The lowest BCUT2D eigenvalue weighted by Crippen LogP contribution is -2.27. The van der Waals surface area contributed by atoms with Gasteiger partial charge in [-0.15, -0.1) is 0 Å². The minimum absolute atomic E-state index is 0.542. The number of thioether (sulfide) groups is 1. The molecule has 0 amide bonds. The molecule has 2 atom stereocenters.